The quantitative estimate of drug-likeness (QED) is 0.909. The zero-order valence-electron chi connectivity index (χ0n) is 12.3. The average molecular weight is 297 g/mol. The lowest BCUT2D eigenvalue weighted by atomic mass is 9.91. The van der Waals surface area contributed by atoms with Crippen LogP contribution >= 0.6 is 0 Å². The fourth-order valence-electron chi connectivity index (χ4n) is 2.79. The highest BCUT2D eigenvalue weighted by Gasteiger charge is 2.18. The molecule has 0 spiro atoms. The molecule has 0 saturated carbocycles. The summed E-state index contributed by atoms with van der Waals surface area (Å²) in [5.41, 5.74) is 14.8. The molecule has 5 heteroatoms. The van der Waals surface area contributed by atoms with Crippen molar-refractivity contribution in [3.8, 4) is 11.1 Å². The van der Waals surface area contributed by atoms with Crippen LogP contribution in [-0.2, 0) is 4.74 Å². The number of anilines is 1. The van der Waals surface area contributed by atoms with Crippen molar-refractivity contribution in [3.63, 3.8) is 0 Å². The number of nitrogens with zero attached hydrogens (tertiary/aromatic N) is 1. The van der Waals surface area contributed by atoms with Crippen LogP contribution in [0, 0.1) is 0 Å². The third-order valence-electron chi connectivity index (χ3n) is 4.11. The number of ether oxygens (including phenoxy) is 1. The van der Waals surface area contributed by atoms with E-state index >= 15 is 0 Å². The van der Waals surface area contributed by atoms with E-state index in [0.29, 0.717) is 17.3 Å². The Bertz CT molecular complexity index is 677. The molecule has 0 radical (unpaired) electrons. The maximum absolute atomic E-state index is 11.1. The maximum Gasteiger partial charge on any atom is 0.248 e. The van der Waals surface area contributed by atoms with Gasteiger partial charge >= 0.3 is 0 Å². The first-order valence-corrected chi connectivity index (χ1v) is 7.38. The normalized spacial score (nSPS) is 15.6. The van der Waals surface area contributed by atoms with Gasteiger partial charge in [-0.3, -0.25) is 4.79 Å². The molecule has 1 amide bonds. The molecule has 4 N–H and O–H groups in total. The SMILES string of the molecule is NC(=O)c1ccc(-c2cc(C3CCOCC3)cnc2N)cc1. The minimum Gasteiger partial charge on any atom is -0.383 e. The van der Waals surface area contributed by atoms with Gasteiger partial charge in [0.2, 0.25) is 5.91 Å². The Morgan fingerprint density at radius 2 is 1.86 bits per heavy atom. The summed E-state index contributed by atoms with van der Waals surface area (Å²) in [5.74, 6) is 0.515. The van der Waals surface area contributed by atoms with Crippen molar-refractivity contribution in [2.75, 3.05) is 18.9 Å². The van der Waals surface area contributed by atoms with Gasteiger partial charge in [0.25, 0.3) is 0 Å². The third kappa shape index (κ3) is 2.94. The van der Waals surface area contributed by atoms with E-state index in [1.165, 1.54) is 5.56 Å². The van der Waals surface area contributed by atoms with E-state index in [4.69, 9.17) is 16.2 Å². The van der Waals surface area contributed by atoms with Crippen LogP contribution in [0.15, 0.2) is 36.5 Å². The summed E-state index contributed by atoms with van der Waals surface area (Å²) in [5, 5.41) is 0. The number of nitrogen functional groups attached to an aromatic ring is 1. The number of hydrogen-bond donors (Lipinski definition) is 2. The second-order valence-electron chi connectivity index (χ2n) is 5.53. The summed E-state index contributed by atoms with van der Waals surface area (Å²) in [6.45, 7) is 1.58. The van der Waals surface area contributed by atoms with Crippen LogP contribution in [-0.4, -0.2) is 24.1 Å². The highest BCUT2D eigenvalue weighted by atomic mass is 16.5. The minimum atomic E-state index is -0.436. The van der Waals surface area contributed by atoms with Crippen LogP contribution < -0.4 is 11.5 Å². The number of hydrogen-bond acceptors (Lipinski definition) is 4. The minimum absolute atomic E-state index is 0.436. The fourth-order valence-corrected chi connectivity index (χ4v) is 2.79. The standard InChI is InChI=1S/C17H19N3O2/c18-16-15(12-1-3-13(4-2-12)17(19)21)9-14(10-20-16)11-5-7-22-8-6-11/h1-4,9-11H,5-8H2,(H2,18,20)(H2,19,21). The summed E-state index contributed by atoms with van der Waals surface area (Å²) >= 11 is 0. The summed E-state index contributed by atoms with van der Waals surface area (Å²) in [6, 6.07) is 9.20. The Morgan fingerprint density at radius 1 is 1.18 bits per heavy atom. The predicted octanol–water partition coefficient (Wildman–Crippen LogP) is 2.32. The molecule has 1 aliphatic heterocycles. The molecule has 0 unspecified atom stereocenters. The zero-order valence-corrected chi connectivity index (χ0v) is 12.3. The lowest BCUT2D eigenvalue weighted by molar-refractivity contribution is 0.0853. The van der Waals surface area contributed by atoms with E-state index in [9.17, 15) is 4.79 Å². The van der Waals surface area contributed by atoms with Gasteiger partial charge in [0, 0.05) is 30.5 Å². The zero-order chi connectivity index (χ0) is 15.5. The van der Waals surface area contributed by atoms with Gasteiger partial charge < -0.3 is 16.2 Å². The van der Waals surface area contributed by atoms with Gasteiger partial charge in [0.15, 0.2) is 0 Å². The molecule has 5 nitrogen and oxygen atoms in total. The maximum atomic E-state index is 11.1. The molecular formula is C17H19N3O2. The fraction of sp³-hybridized carbons (Fsp3) is 0.294. The van der Waals surface area contributed by atoms with Gasteiger partial charge in [0.05, 0.1) is 0 Å². The number of nitrogens with two attached hydrogens (primary N) is 2. The molecule has 1 aromatic heterocycles. The highest BCUT2D eigenvalue weighted by Crippen LogP contribution is 2.32. The molecule has 1 fully saturated rings. The van der Waals surface area contributed by atoms with E-state index in [-0.39, 0.29) is 0 Å². The van der Waals surface area contributed by atoms with Crippen LogP contribution in [0.3, 0.4) is 0 Å². The molecule has 1 saturated heterocycles. The van der Waals surface area contributed by atoms with Crippen molar-refractivity contribution < 1.29 is 9.53 Å². The molecule has 114 valence electrons. The second-order valence-corrected chi connectivity index (χ2v) is 5.53. The van der Waals surface area contributed by atoms with E-state index in [1.54, 1.807) is 12.1 Å². The molecule has 1 aromatic carbocycles. The Kier molecular flexibility index (Phi) is 4.06. The first-order valence-electron chi connectivity index (χ1n) is 7.38. The highest BCUT2D eigenvalue weighted by molar-refractivity contribution is 5.93. The van der Waals surface area contributed by atoms with Gasteiger partial charge in [-0.05, 0) is 48.1 Å². The lowest BCUT2D eigenvalue weighted by Crippen LogP contribution is -2.14. The van der Waals surface area contributed by atoms with Crippen molar-refractivity contribution in [3.05, 3.63) is 47.7 Å². The number of primary amides is 1. The van der Waals surface area contributed by atoms with Gasteiger partial charge in [-0.15, -0.1) is 0 Å². The van der Waals surface area contributed by atoms with E-state index < -0.39 is 5.91 Å². The van der Waals surface area contributed by atoms with Crippen molar-refractivity contribution in [1.29, 1.82) is 0 Å². The third-order valence-corrected chi connectivity index (χ3v) is 4.11. The first kappa shape index (κ1) is 14.5. The van der Waals surface area contributed by atoms with Crippen molar-refractivity contribution in [2.45, 2.75) is 18.8 Å². The summed E-state index contributed by atoms with van der Waals surface area (Å²) in [4.78, 5) is 15.5. The summed E-state index contributed by atoms with van der Waals surface area (Å²) < 4.78 is 5.41. The number of benzene rings is 1. The van der Waals surface area contributed by atoms with Crippen LogP contribution in [0.1, 0.15) is 34.7 Å². The molecule has 22 heavy (non-hydrogen) atoms. The molecule has 0 aliphatic carbocycles. The molecule has 1 aliphatic rings. The lowest BCUT2D eigenvalue weighted by Gasteiger charge is -2.22. The van der Waals surface area contributed by atoms with E-state index in [1.807, 2.05) is 18.3 Å². The Morgan fingerprint density at radius 3 is 2.50 bits per heavy atom. The Balaban J connectivity index is 1.93. The van der Waals surface area contributed by atoms with Crippen molar-refractivity contribution in [1.82, 2.24) is 4.98 Å². The smallest absolute Gasteiger partial charge is 0.248 e. The average Bonchev–Trinajstić information content (AvgIpc) is 2.56. The Labute approximate surface area is 129 Å². The van der Waals surface area contributed by atoms with Crippen LogP contribution in [0.4, 0.5) is 5.82 Å². The van der Waals surface area contributed by atoms with Crippen LogP contribution in [0.5, 0.6) is 0 Å². The van der Waals surface area contributed by atoms with Gasteiger partial charge in [-0.1, -0.05) is 12.1 Å². The van der Waals surface area contributed by atoms with Gasteiger partial charge in [-0.2, -0.15) is 0 Å². The molecule has 0 atom stereocenters. The van der Waals surface area contributed by atoms with Gasteiger partial charge in [0.1, 0.15) is 5.82 Å². The predicted molar refractivity (Wildman–Crippen MR) is 85.4 cm³/mol. The van der Waals surface area contributed by atoms with E-state index in [0.717, 1.165) is 37.2 Å². The Hall–Kier alpha value is -2.40. The number of rotatable bonds is 3. The largest absolute Gasteiger partial charge is 0.383 e. The van der Waals surface area contributed by atoms with Crippen molar-refractivity contribution in [2.24, 2.45) is 5.73 Å². The number of aromatic nitrogens is 1. The van der Waals surface area contributed by atoms with Gasteiger partial charge in [-0.25, -0.2) is 4.98 Å². The first-order chi connectivity index (χ1) is 10.6. The van der Waals surface area contributed by atoms with Crippen molar-refractivity contribution >= 4 is 11.7 Å². The molecule has 3 rings (SSSR count). The van der Waals surface area contributed by atoms with Crippen LogP contribution in [0.25, 0.3) is 11.1 Å². The monoisotopic (exact) mass is 297 g/mol. The molecule has 2 aromatic rings. The second kappa shape index (κ2) is 6.15. The number of pyridine rings is 1. The molecule has 2 heterocycles. The summed E-state index contributed by atoms with van der Waals surface area (Å²) in [6.07, 6.45) is 3.86. The number of carbonyl (C=O) groups excluding carboxylic acids is 1. The molecular weight excluding hydrogens is 278 g/mol. The molecule has 0 bridgehead atoms. The topological polar surface area (TPSA) is 91.2 Å². The number of amides is 1. The van der Waals surface area contributed by atoms with Crippen LogP contribution in [0.2, 0.25) is 0 Å². The van der Waals surface area contributed by atoms with E-state index in [2.05, 4.69) is 11.1 Å². The summed E-state index contributed by atoms with van der Waals surface area (Å²) in [7, 11) is 0. The number of carbonyl (C=O) groups is 1.